The molecule has 0 unspecified atom stereocenters. The molecule has 6 aromatic carbocycles. The van der Waals surface area contributed by atoms with Crippen molar-refractivity contribution in [3.05, 3.63) is 158 Å². The third kappa shape index (κ3) is 4.94. The van der Waals surface area contributed by atoms with Crippen molar-refractivity contribution in [3.8, 4) is 56.4 Å². The largest absolute Gasteiger partial charge is 0.237 e. The SMILES string of the molecule is c1ccc(-c2cccc(-c3nc(-c4ccccc4)nc(-c4ccc(-c5c6ccccc6nc6sc7ccccc7c56)cc4)n3)c2)cc1. The van der Waals surface area contributed by atoms with Gasteiger partial charge in [0.2, 0.25) is 0 Å². The van der Waals surface area contributed by atoms with E-state index in [1.54, 1.807) is 11.3 Å². The molecular weight excluding hydrogens is 593 g/mol. The van der Waals surface area contributed by atoms with Gasteiger partial charge in [-0.05, 0) is 34.9 Å². The summed E-state index contributed by atoms with van der Waals surface area (Å²) in [6.07, 6.45) is 0. The number of hydrogen-bond donors (Lipinski definition) is 0. The molecule has 0 aliphatic rings. The van der Waals surface area contributed by atoms with Gasteiger partial charge < -0.3 is 0 Å². The molecule has 9 rings (SSSR count). The van der Waals surface area contributed by atoms with Crippen LogP contribution in [-0.2, 0) is 0 Å². The number of fused-ring (bicyclic) bond motifs is 4. The van der Waals surface area contributed by atoms with Crippen LogP contribution in [0, 0.1) is 0 Å². The van der Waals surface area contributed by atoms with Crippen LogP contribution in [0.5, 0.6) is 0 Å². The van der Waals surface area contributed by atoms with Gasteiger partial charge in [-0.3, -0.25) is 0 Å². The molecule has 0 radical (unpaired) electrons. The Labute approximate surface area is 275 Å². The summed E-state index contributed by atoms with van der Waals surface area (Å²) in [4.78, 5) is 21.1. The van der Waals surface area contributed by atoms with Gasteiger partial charge >= 0.3 is 0 Å². The zero-order chi connectivity index (χ0) is 31.2. The van der Waals surface area contributed by atoms with Crippen LogP contribution in [0.3, 0.4) is 0 Å². The molecule has 9 aromatic rings. The summed E-state index contributed by atoms with van der Waals surface area (Å²) in [5, 5.41) is 3.57. The molecular formula is C42H26N4S. The highest BCUT2D eigenvalue weighted by atomic mass is 32.1. The number of nitrogens with zero attached hydrogens (tertiary/aromatic N) is 4. The maximum atomic E-state index is 5.06. The minimum Gasteiger partial charge on any atom is -0.237 e. The highest BCUT2D eigenvalue weighted by Gasteiger charge is 2.17. The fourth-order valence-corrected chi connectivity index (χ4v) is 7.38. The van der Waals surface area contributed by atoms with Crippen molar-refractivity contribution in [2.24, 2.45) is 0 Å². The molecule has 3 aromatic heterocycles. The zero-order valence-electron chi connectivity index (χ0n) is 25.2. The Kier molecular flexibility index (Phi) is 6.61. The molecule has 5 heteroatoms. The lowest BCUT2D eigenvalue weighted by molar-refractivity contribution is 1.07. The van der Waals surface area contributed by atoms with Crippen LogP contribution in [0.25, 0.3) is 87.6 Å². The van der Waals surface area contributed by atoms with Crippen molar-refractivity contribution in [3.63, 3.8) is 0 Å². The van der Waals surface area contributed by atoms with Gasteiger partial charge in [-0.15, -0.1) is 11.3 Å². The highest BCUT2D eigenvalue weighted by molar-refractivity contribution is 7.25. The quantitative estimate of drug-likeness (QED) is 0.193. The zero-order valence-corrected chi connectivity index (χ0v) is 26.0. The van der Waals surface area contributed by atoms with Gasteiger partial charge in [0.05, 0.1) is 5.52 Å². The first-order valence-corrected chi connectivity index (χ1v) is 16.4. The number of para-hydroxylation sites is 1. The van der Waals surface area contributed by atoms with Crippen molar-refractivity contribution in [1.29, 1.82) is 0 Å². The van der Waals surface area contributed by atoms with E-state index in [0.29, 0.717) is 17.5 Å². The molecule has 4 nitrogen and oxygen atoms in total. The van der Waals surface area contributed by atoms with E-state index >= 15 is 0 Å². The second kappa shape index (κ2) is 11.4. The van der Waals surface area contributed by atoms with E-state index in [0.717, 1.165) is 49.1 Å². The van der Waals surface area contributed by atoms with E-state index in [1.807, 2.05) is 36.4 Å². The fourth-order valence-electron chi connectivity index (χ4n) is 6.28. The van der Waals surface area contributed by atoms with E-state index in [1.165, 1.54) is 21.0 Å². The summed E-state index contributed by atoms with van der Waals surface area (Å²) < 4.78 is 1.24. The van der Waals surface area contributed by atoms with Crippen molar-refractivity contribution in [2.75, 3.05) is 0 Å². The third-order valence-corrected chi connectivity index (χ3v) is 9.61. The van der Waals surface area contributed by atoms with Crippen LogP contribution in [0.4, 0.5) is 0 Å². The Bertz CT molecular complexity index is 2560. The van der Waals surface area contributed by atoms with Gasteiger partial charge in [0.1, 0.15) is 4.83 Å². The van der Waals surface area contributed by atoms with Crippen molar-refractivity contribution >= 4 is 42.5 Å². The minimum absolute atomic E-state index is 0.635. The number of thiophene rings is 1. The van der Waals surface area contributed by atoms with Crippen molar-refractivity contribution in [1.82, 2.24) is 19.9 Å². The molecule has 0 spiro atoms. The smallest absolute Gasteiger partial charge is 0.164 e. The van der Waals surface area contributed by atoms with Crippen LogP contribution in [0.15, 0.2) is 158 Å². The van der Waals surface area contributed by atoms with E-state index in [9.17, 15) is 0 Å². The maximum absolute atomic E-state index is 5.06. The molecule has 0 aliphatic heterocycles. The van der Waals surface area contributed by atoms with Crippen LogP contribution in [0.2, 0.25) is 0 Å². The van der Waals surface area contributed by atoms with Crippen LogP contribution in [-0.4, -0.2) is 19.9 Å². The predicted molar refractivity (Wildman–Crippen MR) is 195 cm³/mol. The Morgan fingerprint density at radius 1 is 0.362 bits per heavy atom. The normalized spacial score (nSPS) is 11.4. The summed E-state index contributed by atoms with van der Waals surface area (Å²) >= 11 is 1.75. The first-order valence-electron chi connectivity index (χ1n) is 15.6. The molecule has 47 heavy (non-hydrogen) atoms. The van der Waals surface area contributed by atoms with Gasteiger partial charge in [0, 0.05) is 43.1 Å². The van der Waals surface area contributed by atoms with E-state index in [4.69, 9.17) is 19.9 Å². The third-order valence-electron chi connectivity index (χ3n) is 8.55. The number of aromatic nitrogens is 4. The summed E-state index contributed by atoms with van der Waals surface area (Å²) in [6.45, 7) is 0. The standard InChI is InChI=1S/C42H26N4S/c1-3-12-27(13-4-1)31-16-11-17-32(26-31)41-45-39(29-14-5-2-6-15-29)44-40(46-41)30-24-22-28(23-25-30)37-33-18-7-9-20-35(33)43-42-38(37)34-19-8-10-21-36(34)47-42/h1-26H. The topological polar surface area (TPSA) is 51.6 Å². The Hall–Kier alpha value is -6.04. The molecule has 0 atom stereocenters. The lowest BCUT2D eigenvalue weighted by atomic mass is 9.95. The summed E-state index contributed by atoms with van der Waals surface area (Å²) in [7, 11) is 0. The predicted octanol–water partition coefficient (Wildman–Crippen LogP) is 11.1. The Balaban J connectivity index is 1.19. The van der Waals surface area contributed by atoms with Crippen molar-refractivity contribution in [2.45, 2.75) is 0 Å². The fraction of sp³-hybridized carbons (Fsp3) is 0. The molecule has 0 saturated carbocycles. The number of benzene rings is 6. The summed E-state index contributed by atoms with van der Waals surface area (Å²) in [5.41, 5.74) is 8.42. The molecule has 3 heterocycles. The number of hydrogen-bond acceptors (Lipinski definition) is 5. The van der Waals surface area contributed by atoms with Crippen LogP contribution >= 0.6 is 11.3 Å². The summed E-state index contributed by atoms with van der Waals surface area (Å²) in [6, 6.07) is 54.5. The second-order valence-corrected chi connectivity index (χ2v) is 12.5. The summed E-state index contributed by atoms with van der Waals surface area (Å²) in [5.74, 6) is 1.92. The van der Waals surface area contributed by atoms with Gasteiger partial charge in [0.15, 0.2) is 17.5 Å². The van der Waals surface area contributed by atoms with Gasteiger partial charge in [-0.25, -0.2) is 19.9 Å². The molecule has 0 fully saturated rings. The lowest BCUT2D eigenvalue weighted by Crippen LogP contribution is -2.00. The van der Waals surface area contributed by atoms with Gasteiger partial charge in [-0.1, -0.05) is 140 Å². The highest BCUT2D eigenvalue weighted by Crippen LogP contribution is 2.43. The van der Waals surface area contributed by atoms with E-state index < -0.39 is 0 Å². The van der Waals surface area contributed by atoms with Crippen LogP contribution < -0.4 is 0 Å². The van der Waals surface area contributed by atoms with Crippen molar-refractivity contribution < 1.29 is 0 Å². The molecule has 0 aliphatic carbocycles. The van der Waals surface area contributed by atoms with Gasteiger partial charge in [0.25, 0.3) is 0 Å². The first kappa shape index (κ1) is 27.3. The molecule has 220 valence electrons. The van der Waals surface area contributed by atoms with Crippen LogP contribution in [0.1, 0.15) is 0 Å². The minimum atomic E-state index is 0.635. The first-order chi connectivity index (χ1) is 23.3. The van der Waals surface area contributed by atoms with E-state index in [2.05, 4.69) is 121 Å². The average Bonchev–Trinajstić information content (AvgIpc) is 3.52. The Morgan fingerprint density at radius 2 is 0.894 bits per heavy atom. The lowest BCUT2D eigenvalue weighted by Gasteiger charge is -2.12. The maximum Gasteiger partial charge on any atom is 0.164 e. The monoisotopic (exact) mass is 618 g/mol. The van der Waals surface area contributed by atoms with E-state index in [-0.39, 0.29) is 0 Å². The number of pyridine rings is 1. The molecule has 0 saturated heterocycles. The number of rotatable bonds is 5. The second-order valence-electron chi connectivity index (χ2n) is 11.5. The molecule has 0 amide bonds. The molecule has 0 bridgehead atoms. The Morgan fingerprint density at radius 3 is 1.64 bits per heavy atom. The van der Waals surface area contributed by atoms with Gasteiger partial charge in [-0.2, -0.15) is 0 Å². The average molecular weight is 619 g/mol. The molecule has 0 N–H and O–H groups in total.